The van der Waals surface area contributed by atoms with Crippen LogP contribution in [0.3, 0.4) is 0 Å². The average molecular weight is 261 g/mol. The molecule has 1 saturated carbocycles. The number of anilines is 1. The lowest BCUT2D eigenvalue weighted by molar-refractivity contribution is 0.233. The van der Waals surface area contributed by atoms with Gasteiger partial charge in [0.25, 0.3) is 0 Å². The fourth-order valence-corrected chi connectivity index (χ4v) is 3.60. The number of fused-ring (bicyclic) bond motifs is 1. The third-order valence-corrected chi connectivity index (χ3v) is 4.90. The maximum Gasteiger partial charge on any atom is 0.147 e. The van der Waals surface area contributed by atoms with Gasteiger partial charge in [-0.25, -0.2) is 9.97 Å². The van der Waals surface area contributed by atoms with Crippen LogP contribution in [0, 0.1) is 5.41 Å². The molecule has 2 aromatic rings. The van der Waals surface area contributed by atoms with Gasteiger partial charge in [-0.3, -0.25) is 0 Å². The molecule has 0 spiro atoms. The van der Waals surface area contributed by atoms with Crippen LogP contribution in [0.2, 0.25) is 0 Å². The molecule has 4 heteroatoms. The molecule has 0 amide bonds. The molecule has 2 heterocycles. The summed E-state index contributed by atoms with van der Waals surface area (Å²) >= 11 is 1.71. The normalized spacial score (nSPS) is 18.9. The molecule has 1 N–H and O–H groups in total. The highest BCUT2D eigenvalue weighted by molar-refractivity contribution is 7.17. The largest absolute Gasteiger partial charge is 0.368 e. The maximum atomic E-state index is 4.38. The molecule has 0 radical (unpaired) electrons. The minimum absolute atomic E-state index is 0.437. The quantitative estimate of drug-likeness (QED) is 0.905. The molecule has 0 unspecified atom stereocenters. The number of hydrogen-bond donors (Lipinski definition) is 1. The number of nitrogens with one attached hydrogen (secondary N) is 1. The molecule has 0 aliphatic heterocycles. The Labute approximate surface area is 112 Å². The summed E-state index contributed by atoms with van der Waals surface area (Å²) < 4.78 is 1.18. The third kappa shape index (κ3) is 2.34. The Balaban J connectivity index is 1.74. The van der Waals surface area contributed by atoms with E-state index in [1.54, 1.807) is 17.7 Å². The molecule has 1 aliphatic rings. The summed E-state index contributed by atoms with van der Waals surface area (Å²) in [6.45, 7) is 3.42. The van der Waals surface area contributed by atoms with E-state index >= 15 is 0 Å². The first-order chi connectivity index (χ1) is 8.77. The Hall–Kier alpha value is -1.16. The molecule has 0 aromatic carbocycles. The van der Waals surface area contributed by atoms with Gasteiger partial charge in [-0.2, -0.15) is 0 Å². The molecular weight excluding hydrogens is 242 g/mol. The van der Waals surface area contributed by atoms with Crippen molar-refractivity contribution in [3.05, 3.63) is 17.8 Å². The Morgan fingerprint density at radius 3 is 2.94 bits per heavy atom. The van der Waals surface area contributed by atoms with Gasteiger partial charge in [0.15, 0.2) is 0 Å². The van der Waals surface area contributed by atoms with Crippen molar-refractivity contribution in [1.29, 1.82) is 0 Å². The molecule has 3 nitrogen and oxygen atoms in total. The molecule has 0 atom stereocenters. The Bertz CT molecular complexity index is 529. The van der Waals surface area contributed by atoms with Crippen LogP contribution in [0.25, 0.3) is 10.2 Å². The molecule has 3 rings (SSSR count). The zero-order valence-electron chi connectivity index (χ0n) is 10.8. The zero-order valence-corrected chi connectivity index (χ0v) is 11.6. The van der Waals surface area contributed by atoms with Gasteiger partial charge in [0, 0.05) is 6.54 Å². The summed E-state index contributed by atoms with van der Waals surface area (Å²) in [4.78, 5) is 8.66. The highest BCUT2D eigenvalue weighted by Gasteiger charge is 2.26. The number of nitrogens with zero attached hydrogens (tertiary/aromatic N) is 2. The summed E-state index contributed by atoms with van der Waals surface area (Å²) in [6, 6.07) is 2.05. The SMILES string of the molecule is CC1(CNc2ncnc3ccsc23)CCCCC1. The molecule has 0 saturated heterocycles. The molecule has 0 bridgehead atoms. The Morgan fingerprint density at radius 2 is 2.11 bits per heavy atom. The predicted octanol–water partition coefficient (Wildman–Crippen LogP) is 4.07. The first kappa shape index (κ1) is 11.9. The van der Waals surface area contributed by atoms with Gasteiger partial charge in [0.2, 0.25) is 0 Å². The van der Waals surface area contributed by atoms with Crippen molar-refractivity contribution < 1.29 is 0 Å². The van der Waals surface area contributed by atoms with Crippen molar-refractivity contribution in [3.8, 4) is 0 Å². The fraction of sp³-hybridized carbons (Fsp3) is 0.571. The molecule has 1 fully saturated rings. The van der Waals surface area contributed by atoms with E-state index in [-0.39, 0.29) is 0 Å². The predicted molar refractivity (Wildman–Crippen MR) is 77.1 cm³/mol. The van der Waals surface area contributed by atoms with Gasteiger partial charge in [-0.1, -0.05) is 26.2 Å². The van der Waals surface area contributed by atoms with Crippen LogP contribution < -0.4 is 5.32 Å². The summed E-state index contributed by atoms with van der Waals surface area (Å²) in [7, 11) is 0. The van der Waals surface area contributed by atoms with Crippen molar-refractivity contribution in [3.63, 3.8) is 0 Å². The van der Waals surface area contributed by atoms with Gasteiger partial charge in [-0.05, 0) is 29.7 Å². The molecular formula is C14H19N3S. The molecule has 1 aliphatic carbocycles. The maximum absolute atomic E-state index is 4.38. The minimum atomic E-state index is 0.437. The fourth-order valence-electron chi connectivity index (χ4n) is 2.79. The van der Waals surface area contributed by atoms with Crippen LogP contribution >= 0.6 is 11.3 Å². The lowest BCUT2D eigenvalue weighted by atomic mass is 9.76. The van der Waals surface area contributed by atoms with Crippen LogP contribution in [0.15, 0.2) is 17.8 Å². The Morgan fingerprint density at radius 1 is 1.28 bits per heavy atom. The zero-order chi connectivity index (χ0) is 12.4. The van der Waals surface area contributed by atoms with Crippen molar-refractivity contribution in [2.45, 2.75) is 39.0 Å². The van der Waals surface area contributed by atoms with Gasteiger partial charge in [0.05, 0.1) is 10.2 Å². The van der Waals surface area contributed by atoms with E-state index in [1.165, 1.54) is 36.8 Å². The van der Waals surface area contributed by atoms with Crippen molar-refractivity contribution in [2.75, 3.05) is 11.9 Å². The van der Waals surface area contributed by atoms with Crippen LogP contribution in [0.5, 0.6) is 0 Å². The first-order valence-corrected chi connectivity index (χ1v) is 7.57. The van der Waals surface area contributed by atoms with Crippen LogP contribution in [-0.2, 0) is 0 Å². The molecule has 96 valence electrons. The van der Waals surface area contributed by atoms with Crippen molar-refractivity contribution >= 4 is 27.4 Å². The minimum Gasteiger partial charge on any atom is -0.368 e. The number of hydrogen-bond acceptors (Lipinski definition) is 4. The summed E-state index contributed by atoms with van der Waals surface area (Å²) in [5, 5.41) is 5.62. The van der Waals surface area contributed by atoms with E-state index in [9.17, 15) is 0 Å². The van der Waals surface area contributed by atoms with E-state index in [0.29, 0.717) is 5.41 Å². The number of aromatic nitrogens is 2. The van der Waals surface area contributed by atoms with Gasteiger partial charge in [0.1, 0.15) is 12.1 Å². The van der Waals surface area contributed by atoms with Crippen molar-refractivity contribution in [2.24, 2.45) is 5.41 Å². The van der Waals surface area contributed by atoms with E-state index in [0.717, 1.165) is 17.9 Å². The van der Waals surface area contributed by atoms with E-state index < -0.39 is 0 Å². The average Bonchev–Trinajstić information content (AvgIpc) is 2.86. The summed E-state index contributed by atoms with van der Waals surface area (Å²) in [6.07, 6.45) is 8.46. The van der Waals surface area contributed by atoms with E-state index in [1.807, 2.05) is 0 Å². The summed E-state index contributed by atoms with van der Waals surface area (Å²) in [5.74, 6) is 1.00. The highest BCUT2D eigenvalue weighted by atomic mass is 32.1. The number of rotatable bonds is 3. The molecule has 18 heavy (non-hydrogen) atoms. The van der Waals surface area contributed by atoms with E-state index in [2.05, 4.69) is 33.7 Å². The lowest BCUT2D eigenvalue weighted by Crippen LogP contribution is -2.29. The second-order valence-electron chi connectivity index (χ2n) is 5.58. The second-order valence-corrected chi connectivity index (χ2v) is 6.50. The third-order valence-electron chi connectivity index (χ3n) is 3.99. The van der Waals surface area contributed by atoms with Gasteiger partial charge >= 0.3 is 0 Å². The highest BCUT2D eigenvalue weighted by Crippen LogP contribution is 2.36. The molecule has 2 aromatic heterocycles. The Kier molecular flexibility index (Phi) is 3.20. The lowest BCUT2D eigenvalue weighted by Gasteiger charge is -2.33. The first-order valence-electron chi connectivity index (χ1n) is 6.69. The van der Waals surface area contributed by atoms with Crippen molar-refractivity contribution in [1.82, 2.24) is 9.97 Å². The summed E-state index contributed by atoms with van der Waals surface area (Å²) in [5.41, 5.74) is 1.48. The topological polar surface area (TPSA) is 37.8 Å². The van der Waals surface area contributed by atoms with Gasteiger partial charge in [-0.15, -0.1) is 11.3 Å². The van der Waals surface area contributed by atoms with Crippen LogP contribution in [-0.4, -0.2) is 16.5 Å². The number of thiophene rings is 1. The second kappa shape index (κ2) is 4.84. The van der Waals surface area contributed by atoms with Crippen LogP contribution in [0.4, 0.5) is 5.82 Å². The van der Waals surface area contributed by atoms with E-state index in [4.69, 9.17) is 0 Å². The monoisotopic (exact) mass is 261 g/mol. The smallest absolute Gasteiger partial charge is 0.147 e. The van der Waals surface area contributed by atoms with Crippen LogP contribution in [0.1, 0.15) is 39.0 Å². The standard InChI is InChI=1S/C14H19N3S/c1-14(6-3-2-4-7-14)9-15-13-12-11(5-8-18-12)16-10-17-13/h5,8,10H,2-4,6-7,9H2,1H3,(H,15,16,17). The van der Waals surface area contributed by atoms with Gasteiger partial charge < -0.3 is 5.32 Å².